The van der Waals surface area contributed by atoms with E-state index in [4.69, 9.17) is 20.7 Å². The summed E-state index contributed by atoms with van der Waals surface area (Å²) in [7, 11) is 0. The highest BCUT2D eigenvalue weighted by Crippen LogP contribution is 2.68. The average Bonchev–Trinajstić information content (AvgIpc) is 3.14. The lowest BCUT2D eigenvalue weighted by atomic mass is 9.64. The maximum absolute atomic E-state index is 14.2. The number of amides is 1. The number of aliphatic hydroxyl groups is 2. The number of rotatable bonds is 5. The predicted octanol–water partition coefficient (Wildman–Crippen LogP) is 2.30. The summed E-state index contributed by atoms with van der Waals surface area (Å²) in [5, 5.41) is 36.4. The van der Waals surface area contributed by atoms with Crippen molar-refractivity contribution in [2.24, 2.45) is 16.7 Å². The summed E-state index contributed by atoms with van der Waals surface area (Å²) in [6.07, 6.45) is 0.760. The van der Waals surface area contributed by atoms with Gasteiger partial charge in [-0.2, -0.15) is 0 Å². The van der Waals surface area contributed by atoms with Crippen LogP contribution in [-0.2, 0) is 9.53 Å². The van der Waals surface area contributed by atoms with Crippen molar-refractivity contribution in [1.82, 2.24) is 4.90 Å². The second kappa shape index (κ2) is 8.38. The van der Waals surface area contributed by atoms with Gasteiger partial charge in [0, 0.05) is 24.2 Å². The van der Waals surface area contributed by atoms with Crippen LogP contribution in [0.25, 0.3) is 0 Å². The third-order valence-electron chi connectivity index (χ3n) is 7.88. The van der Waals surface area contributed by atoms with Crippen LogP contribution < -0.4 is 0 Å². The molecule has 3 aliphatic rings. The third-order valence-corrected chi connectivity index (χ3v) is 7.88. The summed E-state index contributed by atoms with van der Waals surface area (Å²) in [6, 6.07) is 3.45. The Kier molecular flexibility index (Phi) is 6.01. The van der Waals surface area contributed by atoms with Gasteiger partial charge in [0.15, 0.2) is 6.10 Å². The zero-order valence-electron chi connectivity index (χ0n) is 18.7. The molecule has 4 atom stereocenters. The number of ether oxygens (including phenoxy) is 1. The zero-order chi connectivity index (χ0) is 24.1. The topological polar surface area (TPSA) is 118 Å². The number of nitrogens with one attached hydrogen (secondary N) is 2. The van der Waals surface area contributed by atoms with Crippen molar-refractivity contribution in [3.05, 3.63) is 47.0 Å². The monoisotopic (exact) mass is 461 g/mol. The fraction of sp³-hybridized carbons (Fsp3) is 0.542. The second-order valence-electron chi connectivity index (χ2n) is 9.61. The van der Waals surface area contributed by atoms with E-state index in [1.165, 1.54) is 17.0 Å². The van der Waals surface area contributed by atoms with Crippen molar-refractivity contribution in [2.75, 3.05) is 26.3 Å². The molecule has 1 aromatic rings. The van der Waals surface area contributed by atoms with E-state index >= 15 is 0 Å². The molecule has 2 saturated carbocycles. The van der Waals surface area contributed by atoms with Gasteiger partial charge in [0.25, 0.3) is 5.91 Å². The molecule has 1 amide bonds. The Morgan fingerprint density at radius 3 is 2.67 bits per heavy atom. The maximum atomic E-state index is 14.2. The number of hydrogen-bond acceptors (Lipinski definition) is 6. The number of hydrogen-bond donors (Lipinski definition) is 4. The molecule has 1 aromatic carbocycles. The first-order chi connectivity index (χ1) is 15.6. The molecule has 1 heterocycles. The first-order valence-electron chi connectivity index (χ1n) is 11.1. The van der Waals surface area contributed by atoms with Crippen LogP contribution in [0.2, 0.25) is 0 Å². The molecule has 0 spiro atoms. The van der Waals surface area contributed by atoms with Gasteiger partial charge in [0.05, 0.1) is 30.6 Å². The third kappa shape index (κ3) is 3.45. The molecule has 0 radical (unpaired) electrons. The number of morpholine rings is 1. The molecule has 9 heteroatoms. The van der Waals surface area contributed by atoms with Crippen LogP contribution in [0.5, 0.6) is 0 Å². The molecule has 1 saturated heterocycles. The molecule has 33 heavy (non-hydrogen) atoms. The molecule has 1 aliphatic heterocycles. The summed E-state index contributed by atoms with van der Waals surface area (Å²) in [5.41, 5.74) is -1.10. The van der Waals surface area contributed by atoms with E-state index in [0.29, 0.717) is 12.0 Å². The van der Waals surface area contributed by atoms with Crippen LogP contribution in [0.4, 0.5) is 8.78 Å². The maximum Gasteiger partial charge on any atom is 0.253 e. The summed E-state index contributed by atoms with van der Waals surface area (Å²) >= 11 is 0. The lowest BCUT2D eigenvalue weighted by molar-refractivity contribution is -0.156. The Balaban J connectivity index is 1.68. The van der Waals surface area contributed by atoms with Crippen LogP contribution in [0.1, 0.15) is 32.3 Å². The number of nitrogens with zero attached hydrogens (tertiary/aromatic N) is 1. The summed E-state index contributed by atoms with van der Waals surface area (Å²) in [4.78, 5) is 13.9. The number of carbonyl (C=O) groups excluding carboxylic acids is 1. The van der Waals surface area contributed by atoms with E-state index in [9.17, 15) is 18.7 Å². The van der Waals surface area contributed by atoms with Gasteiger partial charge in [0.2, 0.25) is 0 Å². The average molecular weight is 462 g/mol. The van der Waals surface area contributed by atoms with E-state index in [1.807, 2.05) is 13.8 Å². The largest absolute Gasteiger partial charge is 0.393 e. The Morgan fingerprint density at radius 1 is 1.36 bits per heavy atom. The summed E-state index contributed by atoms with van der Waals surface area (Å²) in [5.74, 6) is -2.33. The van der Waals surface area contributed by atoms with Gasteiger partial charge in [-0.15, -0.1) is 0 Å². The minimum Gasteiger partial charge on any atom is -0.393 e. The van der Waals surface area contributed by atoms with Gasteiger partial charge < -0.3 is 30.7 Å². The van der Waals surface area contributed by atoms with Crippen molar-refractivity contribution in [3.8, 4) is 0 Å². The van der Waals surface area contributed by atoms with Crippen molar-refractivity contribution in [2.45, 2.75) is 38.9 Å². The van der Waals surface area contributed by atoms with E-state index in [-0.39, 0.29) is 37.0 Å². The van der Waals surface area contributed by atoms with Crippen LogP contribution in [0.3, 0.4) is 0 Å². The SMILES string of the molecule is CC1(C)[C@H]2CCC1([C@H]1CN(C(=O)C(O)CO)CCO1)C(=N)/C2=C\C(=N)c1c(F)cccc1F. The molecule has 0 aromatic heterocycles. The van der Waals surface area contributed by atoms with Crippen LogP contribution >= 0.6 is 0 Å². The van der Waals surface area contributed by atoms with Crippen LogP contribution in [0.15, 0.2) is 29.8 Å². The highest BCUT2D eigenvalue weighted by Gasteiger charge is 2.68. The highest BCUT2D eigenvalue weighted by atomic mass is 19.1. The highest BCUT2D eigenvalue weighted by molar-refractivity contribution is 6.15. The van der Waals surface area contributed by atoms with E-state index in [0.717, 1.165) is 18.6 Å². The Morgan fingerprint density at radius 2 is 2.03 bits per heavy atom. The summed E-state index contributed by atoms with van der Waals surface area (Å²) in [6.45, 7) is 4.07. The number of fused-ring (bicyclic) bond motifs is 2. The number of aliphatic hydroxyl groups excluding tert-OH is 2. The van der Waals surface area contributed by atoms with E-state index in [2.05, 4.69) is 0 Å². The molecular weight excluding hydrogens is 432 g/mol. The predicted molar refractivity (Wildman–Crippen MR) is 117 cm³/mol. The van der Waals surface area contributed by atoms with Gasteiger partial charge in [-0.3, -0.25) is 4.79 Å². The Hall–Kier alpha value is -2.49. The molecule has 2 aliphatic carbocycles. The zero-order valence-corrected chi connectivity index (χ0v) is 18.7. The molecule has 4 N–H and O–H groups in total. The quantitative estimate of drug-likeness (QED) is 0.503. The van der Waals surface area contributed by atoms with Gasteiger partial charge in [-0.1, -0.05) is 19.9 Å². The summed E-state index contributed by atoms with van der Waals surface area (Å²) < 4.78 is 34.5. The number of halogens is 2. The van der Waals surface area contributed by atoms with Crippen molar-refractivity contribution in [1.29, 1.82) is 10.8 Å². The minimum absolute atomic E-state index is 0.0992. The fourth-order valence-electron chi connectivity index (χ4n) is 6.12. The molecular formula is C24H29F2N3O4. The molecule has 4 rings (SSSR count). The Bertz CT molecular complexity index is 1020. The lowest BCUT2D eigenvalue weighted by Crippen LogP contribution is -2.58. The van der Waals surface area contributed by atoms with Crippen LogP contribution in [0, 0.1) is 39.2 Å². The number of carbonyl (C=O) groups is 1. The first-order valence-corrected chi connectivity index (χ1v) is 11.1. The van der Waals surface area contributed by atoms with Gasteiger partial charge >= 0.3 is 0 Å². The van der Waals surface area contributed by atoms with Crippen molar-refractivity contribution < 1.29 is 28.5 Å². The first kappa shape index (κ1) is 23.7. The lowest BCUT2D eigenvalue weighted by Gasteiger charge is -2.47. The van der Waals surface area contributed by atoms with Gasteiger partial charge in [-0.05, 0) is 48.0 Å². The van der Waals surface area contributed by atoms with E-state index < -0.39 is 52.7 Å². The molecule has 7 nitrogen and oxygen atoms in total. The normalized spacial score (nSPS) is 30.7. The molecule has 2 unspecified atom stereocenters. The standard InChI is InChI=1S/C24H29F2N3O4/c1-23(2)14-6-7-24(23,19-11-29(8-9-33-19)22(32)18(31)12-30)21(28)13(14)10-17(27)20-15(25)4-3-5-16(20)26/h3-5,10,14,18-19,27-28,30-31H,6-9,11-12H2,1-2H3/b13-10-,27-17?,28-21?/t14-,18?,19+,24?/m0/s1. The van der Waals surface area contributed by atoms with Crippen molar-refractivity contribution in [3.63, 3.8) is 0 Å². The fourth-order valence-corrected chi connectivity index (χ4v) is 6.12. The number of benzene rings is 1. The molecule has 3 fully saturated rings. The van der Waals surface area contributed by atoms with Gasteiger partial charge in [0.1, 0.15) is 11.6 Å². The number of allylic oxidation sites excluding steroid dienone is 2. The minimum atomic E-state index is -1.50. The molecule has 178 valence electrons. The second-order valence-corrected chi connectivity index (χ2v) is 9.61. The van der Waals surface area contributed by atoms with Gasteiger partial charge in [-0.25, -0.2) is 8.78 Å². The molecule has 2 bridgehead atoms. The Labute approximate surface area is 191 Å². The van der Waals surface area contributed by atoms with E-state index in [1.54, 1.807) is 0 Å². The van der Waals surface area contributed by atoms with Crippen LogP contribution in [-0.4, -0.2) is 71.0 Å². The smallest absolute Gasteiger partial charge is 0.253 e. The van der Waals surface area contributed by atoms with Crippen molar-refractivity contribution >= 4 is 17.3 Å².